The fraction of sp³-hybridized carbons (Fsp3) is 0.435. The van der Waals surface area contributed by atoms with Gasteiger partial charge in [-0.25, -0.2) is 14.4 Å². The number of thiophene rings is 1. The summed E-state index contributed by atoms with van der Waals surface area (Å²) in [6.45, 7) is 7.74. The Hall–Kier alpha value is -2.74. The third-order valence-electron chi connectivity index (χ3n) is 5.87. The summed E-state index contributed by atoms with van der Waals surface area (Å²) in [6.07, 6.45) is 3.62. The van der Waals surface area contributed by atoms with Gasteiger partial charge in [-0.2, -0.15) is 0 Å². The van der Waals surface area contributed by atoms with E-state index < -0.39 is 0 Å². The molecule has 0 aliphatic carbocycles. The molecular weight excluding hydrogens is 413 g/mol. The minimum atomic E-state index is -0.190. The third kappa shape index (κ3) is 4.21. The number of nitrogens with zero attached hydrogens (tertiary/aromatic N) is 5. The fourth-order valence-corrected chi connectivity index (χ4v) is 5.17. The van der Waals surface area contributed by atoms with Gasteiger partial charge in [0.25, 0.3) is 5.91 Å². The van der Waals surface area contributed by atoms with Crippen molar-refractivity contribution in [3.63, 3.8) is 0 Å². The number of amides is 1. The zero-order chi connectivity index (χ0) is 22.0. The molecule has 6 nitrogen and oxygen atoms in total. The van der Waals surface area contributed by atoms with Crippen LogP contribution in [0.3, 0.4) is 0 Å². The molecule has 0 N–H and O–H groups in total. The van der Waals surface area contributed by atoms with Gasteiger partial charge in [0.15, 0.2) is 0 Å². The summed E-state index contributed by atoms with van der Waals surface area (Å²) >= 11 is 1.44. The molecule has 164 valence electrons. The van der Waals surface area contributed by atoms with Gasteiger partial charge in [-0.1, -0.05) is 25.5 Å². The van der Waals surface area contributed by atoms with Gasteiger partial charge in [-0.05, 0) is 31.0 Å². The number of unbranched alkanes of at least 4 members (excludes halogenated alkanes) is 1. The van der Waals surface area contributed by atoms with Crippen molar-refractivity contribution in [2.75, 3.05) is 49.6 Å². The number of benzene rings is 1. The van der Waals surface area contributed by atoms with Crippen LogP contribution in [-0.4, -0.2) is 60.5 Å². The molecule has 3 aromatic rings. The zero-order valence-electron chi connectivity index (χ0n) is 18.3. The number of carbonyl (C=O) groups excluding carboxylic acids is 1. The van der Waals surface area contributed by atoms with Crippen molar-refractivity contribution in [1.82, 2.24) is 14.9 Å². The van der Waals surface area contributed by atoms with Crippen molar-refractivity contribution in [1.29, 1.82) is 0 Å². The number of carbonyl (C=O) groups is 1. The Bertz CT molecular complexity index is 1080. The second kappa shape index (κ2) is 9.18. The lowest BCUT2D eigenvalue weighted by molar-refractivity contribution is 0.0797. The van der Waals surface area contributed by atoms with Crippen LogP contribution in [0.15, 0.2) is 30.6 Å². The molecule has 1 fully saturated rings. The van der Waals surface area contributed by atoms with Crippen molar-refractivity contribution >= 4 is 39.0 Å². The van der Waals surface area contributed by atoms with Crippen LogP contribution in [-0.2, 0) is 0 Å². The van der Waals surface area contributed by atoms with E-state index in [0.717, 1.165) is 59.0 Å². The number of anilines is 2. The monoisotopic (exact) mass is 441 g/mol. The van der Waals surface area contributed by atoms with E-state index in [4.69, 9.17) is 0 Å². The minimum absolute atomic E-state index is 0.0456. The topological polar surface area (TPSA) is 52.6 Å². The summed E-state index contributed by atoms with van der Waals surface area (Å²) in [7, 11) is 1.86. The maximum absolute atomic E-state index is 14.2. The highest BCUT2D eigenvalue weighted by Crippen LogP contribution is 2.36. The molecule has 1 saturated heterocycles. The van der Waals surface area contributed by atoms with Gasteiger partial charge in [0.05, 0.1) is 16.0 Å². The van der Waals surface area contributed by atoms with Gasteiger partial charge < -0.3 is 14.7 Å². The highest BCUT2D eigenvalue weighted by atomic mass is 32.1. The molecule has 0 saturated carbocycles. The number of rotatable bonds is 6. The lowest BCUT2D eigenvalue weighted by atomic mass is 10.1. The molecule has 2 aromatic heterocycles. The number of fused-ring (bicyclic) bond motifs is 1. The Balaban J connectivity index is 1.57. The van der Waals surface area contributed by atoms with Gasteiger partial charge in [0.1, 0.15) is 22.8 Å². The molecule has 8 heteroatoms. The Kier molecular flexibility index (Phi) is 6.36. The molecule has 0 atom stereocenters. The van der Waals surface area contributed by atoms with E-state index in [-0.39, 0.29) is 11.7 Å². The molecule has 0 radical (unpaired) electrons. The normalized spacial score (nSPS) is 14.3. The molecule has 1 aliphatic heterocycles. The highest BCUT2D eigenvalue weighted by molar-refractivity contribution is 7.20. The molecule has 0 bridgehead atoms. The van der Waals surface area contributed by atoms with E-state index in [0.29, 0.717) is 18.8 Å². The lowest BCUT2D eigenvalue weighted by Crippen LogP contribution is -2.47. The van der Waals surface area contributed by atoms with Gasteiger partial charge in [0, 0.05) is 39.8 Å². The van der Waals surface area contributed by atoms with Crippen LogP contribution in [0.2, 0.25) is 0 Å². The predicted molar refractivity (Wildman–Crippen MR) is 125 cm³/mol. The summed E-state index contributed by atoms with van der Waals surface area (Å²) in [6, 6.07) is 6.90. The second-order valence-electron chi connectivity index (χ2n) is 7.94. The smallest absolute Gasteiger partial charge is 0.264 e. The fourth-order valence-electron chi connectivity index (χ4n) is 4.03. The molecule has 0 spiro atoms. The maximum Gasteiger partial charge on any atom is 0.264 e. The summed E-state index contributed by atoms with van der Waals surface area (Å²) in [4.78, 5) is 29.7. The van der Waals surface area contributed by atoms with Crippen LogP contribution in [0, 0.1) is 12.7 Å². The Morgan fingerprint density at radius 1 is 1.16 bits per heavy atom. The Labute approximate surface area is 186 Å². The molecule has 4 rings (SSSR count). The van der Waals surface area contributed by atoms with Crippen LogP contribution in [0.4, 0.5) is 15.9 Å². The molecule has 1 aromatic carbocycles. The summed E-state index contributed by atoms with van der Waals surface area (Å²) in [5, 5.41) is 0.957. The van der Waals surface area contributed by atoms with Crippen LogP contribution in [0.25, 0.3) is 10.2 Å². The summed E-state index contributed by atoms with van der Waals surface area (Å²) in [5.41, 5.74) is 1.59. The van der Waals surface area contributed by atoms with Crippen LogP contribution < -0.4 is 9.80 Å². The van der Waals surface area contributed by atoms with E-state index in [2.05, 4.69) is 26.7 Å². The third-order valence-corrected chi connectivity index (χ3v) is 7.05. The average molecular weight is 442 g/mol. The van der Waals surface area contributed by atoms with E-state index >= 15 is 0 Å². The largest absolute Gasteiger partial charge is 0.366 e. The summed E-state index contributed by atoms with van der Waals surface area (Å²) < 4.78 is 14.2. The van der Waals surface area contributed by atoms with Gasteiger partial charge in [-0.3, -0.25) is 4.79 Å². The first kappa shape index (κ1) is 21.5. The highest BCUT2D eigenvalue weighted by Gasteiger charge is 2.26. The van der Waals surface area contributed by atoms with Gasteiger partial charge in [0.2, 0.25) is 0 Å². The maximum atomic E-state index is 14.2. The van der Waals surface area contributed by atoms with Gasteiger partial charge in [-0.15, -0.1) is 11.3 Å². The first-order valence-electron chi connectivity index (χ1n) is 10.7. The number of para-hydroxylation sites is 1. The van der Waals surface area contributed by atoms with Crippen LogP contribution in [0.5, 0.6) is 0 Å². The molecule has 1 amide bonds. The number of aryl methyl sites for hydroxylation is 1. The molecule has 0 unspecified atom stereocenters. The second-order valence-corrected chi connectivity index (χ2v) is 8.94. The van der Waals surface area contributed by atoms with Crippen molar-refractivity contribution in [2.24, 2.45) is 0 Å². The summed E-state index contributed by atoms with van der Waals surface area (Å²) in [5.74, 6) is 0.718. The molecule has 31 heavy (non-hydrogen) atoms. The lowest BCUT2D eigenvalue weighted by Gasteiger charge is -2.37. The number of halogens is 1. The van der Waals surface area contributed by atoms with Crippen molar-refractivity contribution < 1.29 is 9.18 Å². The molecular formula is C23H28FN5OS. The number of hydrogen-bond donors (Lipinski definition) is 0. The molecule has 3 heterocycles. The molecule has 1 aliphatic rings. The first-order valence-corrected chi connectivity index (χ1v) is 11.6. The zero-order valence-corrected chi connectivity index (χ0v) is 19.1. The Morgan fingerprint density at radius 2 is 1.87 bits per heavy atom. The van der Waals surface area contributed by atoms with Crippen molar-refractivity contribution in [2.45, 2.75) is 26.7 Å². The van der Waals surface area contributed by atoms with Crippen molar-refractivity contribution in [3.8, 4) is 0 Å². The SMILES string of the molecule is CCCCN(C)C(=O)c1sc2ncnc(N3CCN(c4ccccc4F)CC3)c2c1C. The minimum Gasteiger partial charge on any atom is -0.366 e. The standard InChI is InChI=1S/C23H28FN5OS/c1-4-5-10-27(3)23(30)20-16(2)19-21(25-15-26-22(19)31-20)29-13-11-28(12-14-29)18-9-7-6-8-17(18)24/h6-9,15H,4-5,10-14H2,1-3H3. The number of hydrogen-bond acceptors (Lipinski definition) is 6. The number of aromatic nitrogens is 2. The predicted octanol–water partition coefficient (Wildman–Crippen LogP) is 4.34. The van der Waals surface area contributed by atoms with Crippen LogP contribution >= 0.6 is 11.3 Å². The average Bonchev–Trinajstić information content (AvgIpc) is 3.14. The van der Waals surface area contributed by atoms with E-state index in [1.54, 1.807) is 17.3 Å². The van der Waals surface area contributed by atoms with E-state index in [1.807, 2.05) is 26.1 Å². The quantitative estimate of drug-likeness (QED) is 0.570. The first-order chi connectivity index (χ1) is 15.0. The van der Waals surface area contributed by atoms with E-state index in [9.17, 15) is 9.18 Å². The number of piperazine rings is 1. The van der Waals surface area contributed by atoms with Gasteiger partial charge >= 0.3 is 0 Å². The van der Waals surface area contributed by atoms with E-state index in [1.165, 1.54) is 17.4 Å². The van der Waals surface area contributed by atoms with Crippen LogP contribution in [0.1, 0.15) is 35.0 Å². The van der Waals surface area contributed by atoms with Crippen molar-refractivity contribution in [3.05, 3.63) is 46.9 Å². The Morgan fingerprint density at radius 3 is 2.58 bits per heavy atom.